The largest absolute Gasteiger partial charge is 0.481 e. The van der Waals surface area contributed by atoms with Crippen LogP contribution < -0.4 is 4.90 Å². The fraction of sp³-hybridized carbons (Fsp3) is 0.450. The van der Waals surface area contributed by atoms with Crippen molar-refractivity contribution in [2.75, 3.05) is 32.1 Å². The van der Waals surface area contributed by atoms with Crippen LogP contribution in [0.1, 0.15) is 29.8 Å². The topological polar surface area (TPSA) is 73.7 Å². The van der Waals surface area contributed by atoms with Gasteiger partial charge in [0.05, 0.1) is 10.9 Å². The van der Waals surface area contributed by atoms with Gasteiger partial charge < -0.3 is 14.9 Å². The molecule has 4 rings (SSSR count). The fourth-order valence-corrected chi connectivity index (χ4v) is 4.59. The van der Waals surface area contributed by atoms with Crippen molar-refractivity contribution in [2.24, 2.45) is 11.3 Å². The molecule has 2 heterocycles. The predicted octanol–water partition coefficient (Wildman–Crippen LogP) is 2.63. The summed E-state index contributed by atoms with van der Waals surface area (Å²) in [5.41, 5.74) is 1.32. The lowest BCUT2D eigenvalue weighted by Crippen LogP contribution is -2.37. The highest BCUT2D eigenvalue weighted by Gasteiger charge is 2.55. The number of aromatic nitrogens is 1. The molecule has 6 nitrogen and oxygen atoms in total. The van der Waals surface area contributed by atoms with E-state index in [1.807, 2.05) is 49.3 Å². The van der Waals surface area contributed by atoms with Gasteiger partial charge in [-0.25, -0.2) is 4.98 Å². The van der Waals surface area contributed by atoms with Crippen molar-refractivity contribution in [1.29, 1.82) is 0 Å². The lowest BCUT2D eigenvalue weighted by molar-refractivity contribution is -0.149. The molecule has 0 unspecified atom stereocenters. The number of amides is 1. The van der Waals surface area contributed by atoms with Crippen molar-refractivity contribution in [3.63, 3.8) is 0 Å². The predicted molar refractivity (Wildman–Crippen MR) is 99.4 cm³/mol. The Morgan fingerprint density at radius 2 is 2.08 bits per heavy atom. The maximum atomic E-state index is 13.1. The molecule has 136 valence electrons. The zero-order valence-electron chi connectivity index (χ0n) is 15.1. The minimum absolute atomic E-state index is 0.0534. The summed E-state index contributed by atoms with van der Waals surface area (Å²) >= 11 is 0. The van der Waals surface area contributed by atoms with Crippen molar-refractivity contribution in [2.45, 2.75) is 19.3 Å². The van der Waals surface area contributed by atoms with Crippen molar-refractivity contribution < 1.29 is 14.7 Å². The third kappa shape index (κ3) is 2.43. The van der Waals surface area contributed by atoms with Gasteiger partial charge in [-0.3, -0.25) is 9.59 Å². The average molecular weight is 353 g/mol. The number of pyridine rings is 1. The first-order chi connectivity index (χ1) is 12.4. The molecule has 1 N–H and O–H groups in total. The zero-order chi connectivity index (χ0) is 18.5. The first kappa shape index (κ1) is 16.8. The Hall–Kier alpha value is -2.63. The van der Waals surface area contributed by atoms with Crippen molar-refractivity contribution >= 4 is 28.5 Å². The van der Waals surface area contributed by atoms with Gasteiger partial charge in [0.25, 0.3) is 5.91 Å². The van der Waals surface area contributed by atoms with Crippen LogP contribution in [0.15, 0.2) is 30.3 Å². The summed E-state index contributed by atoms with van der Waals surface area (Å²) in [6, 6.07) is 9.56. The second kappa shape index (κ2) is 5.97. The number of aliphatic carboxylic acids is 1. The monoisotopic (exact) mass is 353 g/mol. The van der Waals surface area contributed by atoms with Gasteiger partial charge in [-0.2, -0.15) is 0 Å². The van der Waals surface area contributed by atoms with Crippen LogP contribution in [0.2, 0.25) is 0 Å². The Bertz CT molecular complexity index is 895. The van der Waals surface area contributed by atoms with Crippen molar-refractivity contribution in [1.82, 2.24) is 9.88 Å². The molecule has 1 aliphatic carbocycles. The molecular weight excluding hydrogens is 330 g/mol. The van der Waals surface area contributed by atoms with Gasteiger partial charge in [0.2, 0.25) is 0 Å². The summed E-state index contributed by atoms with van der Waals surface area (Å²) in [5.74, 6) is -0.887. The van der Waals surface area contributed by atoms with E-state index in [0.29, 0.717) is 18.7 Å². The quantitative estimate of drug-likeness (QED) is 0.918. The number of hydrogen-bond acceptors (Lipinski definition) is 4. The van der Waals surface area contributed by atoms with Crippen LogP contribution >= 0.6 is 0 Å². The summed E-state index contributed by atoms with van der Waals surface area (Å²) in [5, 5.41) is 10.7. The fourth-order valence-electron chi connectivity index (χ4n) is 4.59. The molecule has 2 atom stereocenters. The van der Waals surface area contributed by atoms with Gasteiger partial charge >= 0.3 is 5.97 Å². The van der Waals surface area contributed by atoms with Crippen LogP contribution in [-0.2, 0) is 4.79 Å². The number of carboxylic acid groups (broad SMARTS) is 1. The lowest BCUT2D eigenvalue weighted by atomic mass is 9.81. The minimum atomic E-state index is -0.768. The van der Waals surface area contributed by atoms with E-state index in [0.717, 1.165) is 29.4 Å². The highest BCUT2D eigenvalue weighted by Crippen LogP contribution is 2.49. The van der Waals surface area contributed by atoms with E-state index in [4.69, 9.17) is 0 Å². The van der Waals surface area contributed by atoms with Gasteiger partial charge in [-0.15, -0.1) is 0 Å². The van der Waals surface area contributed by atoms with E-state index in [1.165, 1.54) is 0 Å². The van der Waals surface area contributed by atoms with Crippen LogP contribution in [0.25, 0.3) is 10.9 Å². The smallest absolute Gasteiger partial charge is 0.311 e. The van der Waals surface area contributed by atoms with E-state index in [2.05, 4.69) is 4.98 Å². The van der Waals surface area contributed by atoms with Crippen molar-refractivity contribution in [3.05, 3.63) is 36.0 Å². The van der Waals surface area contributed by atoms with E-state index in [-0.39, 0.29) is 18.4 Å². The van der Waals surface area contributed by atoms with Gasteiger partial charge in [0.1, 0.15) is 5.69 Å². The normalized spacial score (nSPS) is 24.7. The molecule has 1 aromatic heterocycles. The van der Waals surface area contributed by atoms with E-state index in [1.54, 1.807) is 4.90 Å². The summed E-state index contributed by atoms with van der Waals surface area (Å²) in [6.45, 7) is 0.800. The van der Waals surface area contributed by atoms with Crippen LogP contribution in [0.5, 0.6) is 0 Å². The summed E-state index contributed by atoms with van der Waals surface area (Å²) in [6.07, 6.45) is 2.47. The number of carbonyl (C=O) groups is 2. The number of para-hydroxylation sites is 1. The molecule has 2 aromatic rings. The van der Waals surface area contributed by atoms with Gasteiger partial charge in [0.15, 0.2) is 0 Å². The summed E-state index contributed by atoms with van der Waals surface area (Å²) < 4.78 is 0. The second-order valence-corrected chi connectivity index (χ2v) is 7.67. The molecule has 2 fully saturated rings. The summed E-state index contributed by atoms with van der Waals surface area (Å²) in [4.78, 5) is 33.2. The van der Waals surface area contributed by atoms with Gasteiger partial charge in [-0.05, 0) is 30.9 Å². The molecule has 1 amide bonds. The molecule has 1 aromatic carbocycles. The number of carbonyl (C=O) groups excluding carboxylic acids is 1. The molecule has 1 aliphatic heterocycles. The first-order valence-corrected chi connectivity index (χ1v) is 9.02. The molecular formula is C20H23N3O3. The standard InChI is InChI=1S/C20H23N3O3/c1-22(2)17-10-16(21-15-8-4-3-7-14(15)17)18(24)23-11-13-6-5-9-20(13,12-23)19(25)26/h3-4,7-8,10,13H,5-6,9,11-12H2,1-2H3,(H,25,26)/t13-,20+/m0/s1. The minimum Gasteiger partial charge on any atom is -0.481 e. The maximum Gasteiger partial charge on any atom is 0.311 e. The average Bonchev–Trinajstić information content (AvgIpc) is 3.18. The second-order valence-electron chi connectivity index (χ2n) is 7.67. The Morgan fingerprint density at radius 1 is 1.31 bits per heavy atom. The van der Waals surface area contributed by atoms with E-state index >= 15 is 0 Å². The highest BCUT2D eigenvalue weighted by atomic mass is 16.4. The van der Waals surface area contributed by atoms with E-state index in [9.17, 15) is 14.7 Å². The molecule has 0 spiro atoms. The number of hydrogen-bond donors (Lipinski definition) is 1. The first-order valence-electron chi connectivity index (χ1n) is 9.02. The van der Waals surface area contributed by atoms with Crippen molar-refractivity contribution in [3.8, 4) is 0 Å². The van der Waals surface area contributed by atoms with Crippen LogP contribution in [-0.4, -0.2) is 54.1 Å². The maximum absolute atomic E-state index is 13.1. The third-order valence-electron chi connectivity index (χ3n) is 5.98. The number of rotatable bonds is 3. The Morgan fingerprint density at radius 3 is 2.77 bits per heavy atom. The number of carboxylic acids is 1. The zero-order valence-corrected chi connectivity index (χ0v) is 15.1. The molecule has 6 heteroatoms. The lowest BCUT2D eigenvalue weighted by Gasteiger charge is -2.23. The van der Waals surface area contributed by atoms with Crippen LogP contribution in [0.4, 0.5) is 5.69 Å². The van der Waals surface area contributed by atoms with E-state index < -0.39 is 11.4 Å². The number of fused-ring (bicyclic) bond motifs is 2. The Balaban J connectivity index is 1.70. The molecule has 0 bridgehead atoms. The Labute approximate surface area is 152 Å². The molecule has 1 saturated carbocycles. The molecule has 0 radical (unpaired) electrons. The van der Waals surface area contributed by atoms with Gasteiger partial charge in [-0.1, -0.05) is 24.6 Å². The number of likely N-dealkylation sites (tertiary alicyclic amines) is 1. The van der Waals surface area contributed by atoms with Crippen LogP contribution in [0, 0.1) is 11.3 Å². The highest BCUT2D eigenvalue weighted by molar-refractivity contribution is 6.00. The molecule has 26 heavy (non-hydrogen) atoms. The number of anilines is 1. The SMILES string of the molecule is CN(C)c1cc(C(=O)N2C[C@@H]3CCC[C@@]3(C(=O)O)C2)nc2ccccc12. The summed E-state index contributed by atoms with van der Waals surface area (Å²) in [7, 11) is 3.88. The van der Waals surface area contributed by atoms with Gasteiger partial charge in [0, 0.05) is 38.3 Å². The number of benzene rings is 1. The number of nitrogens with zero attached hydrogens (tertiary/aromatic N) is 3. The third-order valence-corrected chi connectivity index (χ3v) is 5.98. The Kier molecular flexibility index (Phi) is 3.86. The molecule has 2 aliphatic rings. The molecule has 1 saturated heterocycles. The van der Waals surface area contributed by atoms with Crippen LogP contribution in [0.3, 0.4) is 0 Å².